The third-order valence-corrected chi connectivity index (χ3v) is 4.60. The van der Waals surface area contributed by atoms with Crippen molar-refractivity contribution in [2.45, 2.75) is 5.75 Å². The maximum atomic E-state index is 3.94. The monoisotopic (exact) mass is 303 g/mol. The number of nitrogens with zero attached hydrogens (tertiary/aromatic N) is 1. The number of thioether (sulfide) groups is 1. The minimum absolute atomic E-state index is 0.918. The molecule has 0 aliphatic rings. The average Bonchev–Trinajstić information content (AvgIpc) is 2.59. The Morgan fingerprint density at radius 1 is 0.909 bits per heavy atom. The summed E-state index contributed by atoms with van der Waals surface area (Å²) >= 11 is 1.79. The molecular formula is C20H17NS. The Labute approximate surface area is 135 Å². The molecule has 0 saturated carbocycles. The first-order valence-electron chi connectivity index (χ1n) is 7.19. The Morgan fingerprint density at radius 3 is 2.41 bits per heavy atom. The van der Waals surface area contributed by atoms with Crippen LogP contribution < -0.4 is 0 Å². The van der Waals surface area contributed by atoms with E-state index in [1.807, 2.05) is 24.4 Å². The predicted molar refractivity (Wildman–Crippen MR) is 99.2 cm³/mol. The second-order valence-corrected chi connectivity index (χ2v) is 6.03. The molecule has 3 rings (SSSR count). The van der Waals surface area contributed by atoms with Crippen LogP contribution in [0.25, 0.3) is 15.7 Å². The standard InChI is InChI=1S/C20H17NS/c1-21-14-20(18-8-3-2-4-9-18)22-15-16-11-12-17-7-5-6-10-19(17)13-16/h2-14H,1,15H2/b20-14-. The molecule has 0 aliphatic carbocycles. The number of benzene rings is 3. The van der Waals surface area contributed by atoms with Crippen molar-refractivity contribution in [3.8, 4) is 0 Å². The van der Waals surface area contributed by atoms with Crippen LogP contribution in [0.3, 0.4) is 0 Å². The fraction of sp³-hybridized carbons (Fsp3) is 0.0500. The van der Waals surface area contributed by atoms with Gasteiger partial charge in [-0.25, -0.2) is 0 Å². The Hall–Kier alpha value is -2.32. The summed E-state index contributed by atoms with van der Waals surface area (Å²) < 4.78 is 0. The highest BCUT2D eigenvalue weighted by atomic mass is 32.2. The Morgan fingerprint density at radius 2 is 1.64 bits per heavy atom. The molecule has 0 radical (unpaired) electrons. The van der Waals surface area contributed by atoms with Gasteiger partial charge in [-0.05, 0) is 28.6 Å². The van der Waals surface area contributed by atoms with E-state index < -0.39 is 0 Å². The number of fused-ring (bicyclic) bond motifs is 1. The topological polar surface area (TPSA) is 12.4 Å². The first-order chi connectivity index (χ1) is 10.9. The molecule has 0 N–H and O–H groups in total. The second-order valence-electron chi connectivity index (χ2n) is 5.01. The van der Waals surface area contributed by atoms with Crippen LogP contribution in [0.15, 0.2) is 84.0 Å². The number of aliphatic imine (C=N–C) groups is 1. The first kappa shape index (κ1) is 14.6. The molecule has 0 spiro atoms. The van der Waals surface area contributed by atoms with E-state index in [4.69, 9.17) is 0 Å². The van der Waals surface area contributed by atoms with Gasteiger partial charge < -0.3 is 0 Å². The minimum Gasteiger partial charge on any atom is -0.271 e. The molecule has 0 atom stereocenters. The molecule has 0 aliphatic heterocycles. The molecule has 3 aromatic rings. The van der Waals surface area contributed by atoms with E-state index in [9.17, 15) is 0 Å². The maximum Gasteiger partial charge on any atom is 0.0402 e. The van der Waals surface area contributed by atoms with Crippen LogP contribution in [0.2, 0.25) is 0 Å². The fourth-order valence-corrected chi connectivity index (χ4v) is 3.32. The lowest BCUT2D eigenvalue weighted by molar-refractivity contribution is 1.44. The highest BCUT2D eigenvalue weighted by molar-refractivity contribution is 8.07. The normalized spacial score (nSPS) is 11.5. The van der Waals surface area contributed by atoms with Crippen LogP contribution in [0, 0.1) is 0 Å². The fourth-order valence-electron chi connectivity index (χ4n) is 2.37. The largest absolute Gasteiger partial charge is 0.271 e. The second kappa shape index (κ2) is 7.10. The van der Waals surface area contributed by atoms with E-state index in [2.05, 4.69) is 66.3 Å². The van der Waals surface area contributed by atoms with Crippen molar-refractivity contribution in [3.05, 3.63) is 90.1 Å². The average molecular weight is 303 g/mol. The van der Waals surface area contributed by atoms with Crippen molar-refractivity contribution < 1.29 is 0 Å². The third-order valence-electron chi connectivity index (χ3n) is 3.48. The van der Waals surface area contributed by atoms with Crippen molar-refractivity contribution in [3.63, 3.8) is 0 Å². The van der Waals surface area contributed by atoms with Crippen molar-refractivity contribution >= 4 is 34.2 Å². The van der Waals surface area contributed by atoms with Gasteiger partial charge in [0.25, 0.3) is 0 Å². The smallest absolute Gasteiger partial charge is 0.0402 e. The van der Waals surface area contributed by atoms with E-state index in [1.165, 1.54) is 21.9 Å². The van der Waals surface area contributed by atoms with Crippen LogP contribution in [-0.4, -0.2) is 6.72 Å². The van der Waals surface area contributed by atoms with E-state index in [1.54, 1.807) is 11.8 Å². The van der Waals surface area contributed by atoms with E-state index in [-0.39, 0.29) is 0 Å². The lowest BCUT2D eigenvalue weighted by Crippen LogP contribution is -1.84. The molecule has 0 amide bonds. The van der Waals surface area contributed by atoms with Gasteiger partial charge >= 0.3 is 0 Å². The van der Waals surface area contributed by atoms with Gasteiger partial charge in [-0.1, -0.05) is 72.8 Å². The molecule has 108 valence electrons. The molecule has 22 heavy (non-hydrogen) atoms. The third kappa shape index (κ3) is 3.46. The Bertz CT molecular complexity index is 806. The number of hydrogen-bond acceptors (Lipinski definition) is 2. The molecule has 1 nitrogen and oxygen atoms in total. The molecular weight excluding hydrogens is 286 g/mol. The molecule has 0 heterocycles. The van der Waals surface area contributed by atoms with Crippen LogP contribution >= 0.6 is 11.8 Å². The van der Waals surface area contributed by atoms with Crippen molar-refractivity contribution in [1.82, 2.24) is 0 Å². The van der Waals surface area contributed by atoms with Gasteiger partial charge in [0.1, 0.15) is 0 Å². The van der Waals surface area contributed by atoms with Gasteiger partial charge in [0.15, 0.2) is 0 Å². The van der Waals surface area contributed by atoms with Crippen molar-refractivity contribution in [2.75, 3.05) is 0 Å². The molecule has 3 aromatic carbocycles. The van der Waals surface area contributed by atoms with Gasteiger partial charge in [0.05, 0.1) is 0 Å². The number of hydrogen-bond donors (Lipinski definition) is 0. The summed E-state index contributed by atoms with van der Waals surface area (Å²) in [6, 6.07) is 25.4. The van der Waals surface area contributed by atoms with Gasteiger partial charge in [-0.3, -0.25) is 4.99 Å². The van der Waals surface area contributed by atoms with Crippen LogP contribution in [0.4, 0.5) is 0 Å². The predicted octanol–water partition coefficient (Wildman–Crippen LogP) is 5.77. The van der Waals surface area contributed by atoms with Gasteiger partial charge in [-0.2, -0.15) is 0 Å². The van der Waals surface area contributed by atoms with Crippen molar-refractivity contribution in [1.29, 1.82) is 0 Å². The molecule has 0 unspecified atom stereocenters. The van der Waals surface area contributed by atoms with E-state index in [0.29, 0.717) is 0 Å². The zero-order valence-corrected chi connectivity index (χ0v) is 13.1. The van der Waals surface area contributed by atoms with E-state index in [0.717, 1.165) is 10.7 Å². The molecule has 0 bridgehead atoms. The summed E-state index contributed by atoms with van der Waals surface area (Å²) in [5.74, 6) is 0.918. The summed E-state index contributed by atoms with van der Waals surface area (Å²) in [6.07, 6.45) is 1.83. The first-order valence-corrected chi connectivity index (χ1v) is 8.17. The lowest BCUT2D eigenvalue weighted by atomic mass is 10.1. The SMILES string of the molecule is C=N/C=C(\SCc1ccc2ccccc2c1)c1ccccc1. The molecule has 0 aromatic heterocycles. The lowest BCUT2D eigenvalue weighted by Gasteiger charge is -2.07. The molecule has 2 heteroatoms. The zero-order chi connectivity index (χ0) is 15.2. The summed E-state index contributed by atoms with van der Waals surface area (Å²) in [7, 11) is 0. The summed E-state index contributed by atoms with van der Waals surface area (Å²) in [4.78, 5) is 5.08. The van der Waals surface area contributed by atoms with E-state index >= 15 is 0 Å². The van der Waals surface area contributed by atoms with Gasteiger partial charge in [0.2, 0.25) is 0 Å². The van der Waals surface area contributed by atoms with Crippen LogP contribution in [0.5, 0.6) is 0 Å². The highest BCUT2D eigenvalue weighted by Crippen LogP contribution is 2.31. The summed E-state index contributed by atoms with van der Waals surface area (Å²) in [5.41, 5.74) is 2.50. The summed E-state index contributed by atoms with van der Waals surface area (Å²) in [6.45, 7) is 3.58. The highest BCUT2D eigenvalue weighted by Gasteiger charge is 2.03. The minimum atomic E-state index is 0.918. The van der Waals surface area contributed by atoms with Gasteiger partial charge in [0, 0.05) is 16.9 Å². The quantitative estimate of drug-likeness (QED) is 0.545. The summed E-state index contributed by atoms with van der Waals surface area (Å²) in [5, 5.41) is 2.57. The molecule has 0 saturated heterocycles. The van der Waals surface area contributed by atoms with Crippen LogP contribution in [-0.2, 0) is 5.75 Å². The number of rotatable bonds is 5. The van der Waals surface area contributed by atoms with Gasteiger partial charge in [-0.15, -0.1) is 11.8 Å². The van der Waals surface area contributed by atoms with Crippen molar-refractivity contribution in [2.24, 2.45) is 4.99 Å². The maximum absolute atomic E-state index is 3.94. The Kier molecular flexibility index (Phi) is 4.71. The van der Waals surface area contributed by atoms with Crippen LogP contribution in [0.1, 0.15) is 11.1 Å². The zero-order valence-electron chi connectivity index (χ0n) is 12.3. The Balaban J connectivity index is 1.79. The molecule has 0 fully saturated rings.